The summed E-state index contributed by atoms with van der Waals surface area (Å²) in [5.41, 5.74) is 20.5. The summed E-state index contributed by atoms with van der Waals surface area (Å²) in [5, 5.41) is 60.8. The lowest BCUT2D eigenvalue weighted by molar-refractivity contribution is -0.0715. The molecule has 0 spiro atoms. The molecule has 0 radical (unpaired) electrons. The summed E-state index contributed by atoms with van der Waals surface area (Å²) in [6, 6.07) is 12.0. The number of benzene rings is 4. The van der Waals surface area contributed by atoms with Gasteiger partial charge in [0.1, 0.15) is 23.0 Å². The second-order valence-electron chi connectivity index (χ2n) is 36.7. The third kappa shape index (κ3) is 17.5. The first-order chi connectivity index (χ1) is 58.5. The van der Waals surface area contributed by atoms with Gasteiger partial charge in [-0.05, 0) is 286 Å². The lowest BCUT2D eigenvalue weighted by Crippen LogP contribution is -2.42. The Kier molecular flexibility index (Phi) is 24.5. The van der Waals surface area contributed by atoms with Gasteiger partial charge in [0.05, 0.1) is 35.5 Å². The average molecular weight is 1780 g/mol. The van der Waals surface area contributed by atoms with Crippen LogP contribution in [0.15, 0.2) is 86.6 Å². The zero-order valence-electron chi connectivity index (χ0n) is 71.7. The Morgan fingerprint density at radius 1 is 0.403 bits per heavy atom. The van der Waals surface area contributed by atoms with Gasteiger partial charge >= 0.3 is 24.1 Å². The summed E-state index contributed by atoms with van der Waals surface area (Å²) in [6.45, 7) is 19.3. The minimum atomic E-state index is -4.27. The Balaban J connectivity index is 0.000000128. The van der Waals surface area contributed by atoms with Gasteiger partial charge in [0.15, 0.2) is 0 Å². The average Bonchev–Trinajstić information content (AvgIpc) is 1.54. The van der Waals surface area contributed by atoms with Crippen molar-refractivity contribution in [2.24, 2.45) is 10.8 Å². The second-order valence-corrected chi connectivity index (χ2v) is 43.1. The molecule has 18 rings (SSSR count). The number of amides is 8. The number of carbonyl (C=O) groups excluding carboxylic acids is 4. The van der Waals surface area contributed by atoms with Gasteiger partial charge < -0.3 is 59.4 Å². The van der Waals surface area contributed by atoms with E-state index in [2.05, 4.69) is 60.6 Å². The molecule has 124 heavy (non-hydrogen) atoms. The Hall–Kier alpha value is -9.79. The number of hydrogen-bond donors (Lipinski definition) is 12. The molecule has 10 aliphatic rings. The highest BCUT2D eigenvalue weighted by molar-refractivity contribution is 7.90. The first-order valence-corrected chi connectivity index (χ1v) is 49.2. The summed E-state index contributed by atoms with van der Waals surface area (Å²) < 4.78 is 133. The van der Waals surface area contributed by atoms with Crippen molar-refractivity contribution in [3.63, 3.8) is 0 Å². The SMILES string of the molecule is CC(C)c1cc(C#N)cc(C(C)C)c1NC(=O)NS(=O)(=O)c1cc2c(o1)CCCC2O.CC1(C)CCc2oc(S(=O)(=O)NC(=O)Nc3c4c(cc5c3CCC5)CCC4)cc2C1(C)O.CC1(C)CCc2oc(S(=O)(=O)NC(=O)Nc3c4c(cc5c3CCC5)CCC4)cc2C1O.Cc1c2c(c(NC(=O)NS(=O)(=O)c3cc4c(o3)CCCC4O)c3c1CCC3)CCC2. The molecule has 33 heteroatoms. The molecule has 0 aliphatic heterocycles. The summed E-state index contributed by atoms with van der Waals surface area (Å²) in [5.74, 6) is 1.81. The number of aliphatic hydroxyl groups is 4. The standard InChI is InChI=1S/C24H30N2O5S.C23H28N2O5S.C22H27N3O5S.C22H26N2O5S/c1-23(2)11-10-19-18(24(23,3)28)13-20(31-19)32(29,30)26-22(27)25-21-16-8-4-6-14(16)12-15-7-5-9-17(15)21;1-23(2)10-9-18-17(21(23)26)12-19(30-18)31(28,29)25-22(27)24-20-15-7-3-5-13(15)11-14-6-4-8-16(14)20;1-12(2)15-8-14(11-23)9-16(13(3)4)21(15)24-22(27)25-31(28,29)20-10-17-18(26)6-5-7-19(17)30-20;1-12-13-5-2-7-15(13)21(16-8-3-6-14(12)16)23-22(26)24-30(27,28)20-11-17-18(25)9-4-10-19(17)29-20/h12-13,28H,4-11H2,1-3H3,(H2,25,26,27);11-12,21,26H,3-10H2,1-2H3,(H2,24,25,27);8-10,12-13,18,26H,5-7H2,1-4H3,(H2,24,25,27);11,18,25H,2-10H2,1H3,(H2,23,24,26). The van der Waals surface area contributed by atoms with Gasteiger partial charge in [0.2, 0.25) is 20.4 Å². The molecule has 4 aromatic heterocycles. The topological polar surface area (TPSA) is 458 Å². The molecule has 8 aromatic rings. The van der Waals surface area contributed by atoms with E-state index in [0.29, 0.717) is 114 Å². The Morgan fingerprint density at radius 3 is 1.10 bits per heavy atom. The molecule has 4 heterocycles. The number of hydrogen-bond acceptors (Lipinski definition) is 21. The van der Waals surface area contributed by atoms with Crippen LogP contribution in [0.1, 0.15) is 304 Å². The third-order valence-electron chi connectivity index (χ3n) is 27.0. The van der Waals surface area contributed by atoms with Crippen LogP contribution < -0.4 is 40.2 Å². The number of urea groups is 4. The zero-order chi connectivity index (χ0) is 88.8. The number of rotatable bonds is 14. The molecule has 0 saturated carbocycles. The van der Waals surface area contributed by atoms with E-state index in [-0.39, 0.29) is 32.5 Å². The number of sulfonamides is 4. The monoisotopic (exact) mass is 1780 g/mol. The van der Waals surface area contributed by atoms with Crippen molar-refractivity contribution < 1.29 is 90.9 Å². The zero-order valence-corrected chi connectivity index (χ0v) is 75.0. The third-order valence-corrected chi connectivity index (χ3v) is 31.7. The minimum Gasteiger partial charge on any atom is -0.447 e. The van der Waals surface area contributed by atoms with E-state index in [1.165, 1.54) is 63.2 Å². The molecule has 4 atom stereocenters. The van der Waals surface area contributed by atoms with Crippen LogP contribution in [0.3, 0.4) is 0 Å². The molecule has 0 fully saturated rings. The quantitative estimate of drug-likeness (QED) is 0.0481. The summed E-state index contributed by atoms with van der Waals surface area (Å²) in [6.07, 6.45) is 21.4. The van der Waals surface area contributed by atoms with Crippen molar-refractivity contribution >= 4 is 87.0 Å². The van der Waals surface area contributed by atoms with E-state index in [1.54, 1.807) is 19.1 Å². The van der Waals surface area contributed by atoms with Crippen LogP contribution >= 0.6 is 0 Å². The molecule has 10 aliphatic carbocycles. The van der Waals surface area contributed by atoms with E-state index in [0.717, 1.165) is 184 Å². The summed E-state index contributed by atoms with van der Waals surface area (Å²) in [4.78, 5) is 50.9. The number of anilines is 4. The van der Waals surface area contributed by atoms with Crippen molar-refractivity contribution in [1.29, 1.82) is 5.26 Å². The number of aliphatic hydroxyl groups excluding tert-OH is 3. The lowest BCUT2D eigenvalue weighted by Gasteiger charge is -2.43. The summed E-state index contributed by atoms with van der Waals surface area (Å²) >= 11 is 0. The van der Waals surface area contributed by atoms with E-state index in [4.69, 9.17) is 17.7 Å². The number of furan rings is 4. The van der Waals surface area contributed by atoms with Crippen molar-refractivity contribution in [3.8, 4) is 6.07 Å². The van der Waals surface area contributed by atoms with Crippen LogP contribution in [0.5, 0.6) is 0 Å². The molecule has 0 saturated heterocycles. The maximum Gasteiger partial charge on any atom is 0.333 e. The number of nitriles is 1. The fourth-order valence-electron chi connectivity index (χ4n) is 19.8. The van der Waals surface area contributed by atoms with Crippen LogP contribution in [-0.4, -0.2) is 78.2 Å². The molecule has 12 N–H and O–H groups in total. The molecular weight excluding hydrogens is 1670 g/mol. The number of fused-ring (bicyclic) bond motifs is 10. The predicted molar refractivity (Wildman–Crippen MR) is 462 cm³/mol. The maximum absolute atomic E-state index is 12.9. The van der Waals surface area contributed by atoms with Gasteiger partial charge in [0, 0.05) is 95.0 Å². The molecule has 4 aromatic carbocycles. The largest absolute Gasteiger partial charge is 0.447 e. The first kappa shape index (κ1) is 89.0. The van der Waals surface area contributed by atoms with Gasteiger partial charge in [-0.1, -0.05) is 67.5 Å². The highest BCUT2D eigenvalue weighted by atomic mass is 32.2. The Labute approximate surface area is 723 Å². The number of aryl methyl sites for hydroxylation is 8. The normalized spacial score (nSPS) is 20.2. The number of nitrogens with one attached hydrogen (secondary N) is 8. The minimum absolute atomic E-state index is 0.00371. The molecule has 0 bridgehead atoms. The van der Waals surface area contributed by atoms with Gasteiger partial charge in [0.25, 0.3) is 40.1 Å². The highest BCUT2D eigenvalue weighted by Gasteiger charge is 2.48. The summed E-state index contributed by atoms with van der Waals surface area (Å²) in [7, 11) is -16.9. The van der Waals surface area contributed by atoms with Gasteiger partial charge in [-0.3, -0.25) is 0 Å². The van der Waals surface area contributed by atoms with E-state index < -0.39 is 98.6 Å². The molecule has 29 nitrogen and oxygen atoms in total. The predicted octanol–water partition coefficient (Wildman–Crippen LogP) is 15.4. The molecule has 664 valence electrons. The second kappa shape index (κ2) is 34.2. The van der Waals surface area contributed by atoms with Crippen molar-refractivity contribution in [2.45, 2.75) is 305 Å². The fourth-order valence-corrected chi connectivity index (χ4v) is 23.3. The molecular formula is C91H111N9O20S4. The Morgan fingerprint density at radius 2 is 0.726 bits per heavy atom. The van der Waals surface area contributed by atoms with Gasteiger partial charge in [-0.25, -0.2) is 38.1 Å². The van der Waals surface area contributed by atoms with Crippen molar-refractivity contribution in [2.75, 3.05) is 21.3 Å². The molecule has 8 amide bonds. The van der Waals surface area contributed by atoms with Gasteiger partial charge in [-0.15, -0.1) is 0 Å². The van der Waals surface area contributed by atoms with E-state index >= 15 is 0 Å². The van der Waals surface area contributed by atoms with Gasteiger partial charge in [-0.2, -0.15) is 38.9 Å². The lowest BCUT2D eigenvalue weighted by atomic mass is 9.65. The van der Waals surface area contributed by atoms with Crippen molar-refractivity contribution in [3.05, 3.63) is 183 Å². The van der Waals surface area contributed by atoms with Crippen LogP contribution in [0.2, 0.25) is 0 Å². The Bertz CT molecular complexity index is 6050. The van der Waals surface area contributed by atoms with Crippen LogP contribution in [0.25, 0.3) is 0 Å². The number of nitrogens with zero attached hydrogens (tertiary/aromatic N) is 1. The van der Waals surface area contributed by atoms with Crippen LogP contribution in [-0.2, 0) is 148 Å². The maximum atomic E-state index is 12.9. The molecule has 4 unspecified atom stereocenters. The van der Waals surface area contributed by atoms with E-state index in [1.807, 2.05) is 60.1 Å². The fraction of sp³-hybridized carbons (Fsp3) is 0.505. The number of carbonyl (C=O) groups is 4. The highest BCUT2D eigenvalue weighted by Crippen LogP contribution is 2.51. The first-order valence-electron chi connectivity index (χ1n) is 43.2. The smallest absolute Gasteiger partial charge is 0.333 e. The van der Waals surface area contributed by atoms with Crippen LogP contribution in [0.4, 0.5) is 41.9 Å². The van der Waals surface area contributed by atoms with Crippen molar-refractivity contribution in [1.82, 2.24) is 18.9 Å². The van der Waals surface area contributed by atoms with Crippen LogP contribution in [0, 0.1) is 29.1 Å². The van der Waals surface area contributed by atoms with E-state index in [9.17, 15) is 78.5 Å².